The number of ether oxygens (including phenoxy) is 2. The topological polar surface area (TPSA) is 47.6 Å². The molecule has 2 aromatic rings. The molecule has 4 nitrogen and oxygen atoms in total. The van der Waals surface area contributed by atoms with E-state index in [0.29, 0.717) is 28.1 Å². The molecule has 1 N–H and O–H groups in total. The summed E-state index contributed by atoms with van der Waals surface area (Å²) in [5, 5.41) is 3.36. The molecule has 0 aromatic heterocycles. The van der Waals surface area contributed by atoms with Gasteiger partial charge in [-0.25, -0.2) is 0 Å². The van der Waals surface area contributed by atoms with E-state index in [2.05, 4.69) is 12.2 Å². The summed E-state index contributed by atoms with van der Waals surface area (Å²) in [6.45, 7) is 2.74. The van der Waals surface area contributed by atoms with Gasteiger partial charge in [0.2, 0.25) is 0 Å². The molecule has 0 fully saturated rings. The summed E-state index contributed by atoms with van der Waals surface area (Å²) in [6.07, 6.45) is 3.37. The van der Waals surface area contributed by atoms with Crippen molar-refractivity contribution in [3.05, 3.63) is 52.5 Å². The third-order valence-electron chi connectivity index (χ3n) is 3.44. The molecule has 0 saturated carbocycles. The molecule has 2 rings (SSSR count). The molecule has 25 heavy (non-hydrogen) atoms. The van der Waals surface area contributed by atoms with Crippen LogP contribution in [0.3, 0.4) is 0 Å². The largest absolute Gasteiger partial charge is 0.494 e. The van der Waals surface area contributed by atoms with Crippen molar-refractivity contribution < 1.29 is 14.3 Å². The molecule has 1 amide bonds. The highest BCUT2D eigenvalue weighted by Crippen LogP contribution is 2.29. The molecule has 2 aromatic carbocycles. The molecule has 0 unspecified atom stereocenters. The smallest absolute Gasteiger partial charge is 0.262 e. The van der Waals surface area contributed by atoms with Gasteiger partial charge in [0, 0.05) is 0 Å². The van der Waals surface area contributed by atoms with Crippen molar-refractivity contribution >= 4 is 34.8 Å². The van der Waals surface area contributed by atoms with Gasteiger partial charge in [-0.15, -0.1) is 0 Å². The van der Waals surface area contributed by atoms with Gasteiger partial charge >= 0.3 is 0 Å². The van der Waals surface area contributed by atoms with Crippen LogP contribution >= 0.6 is 23.2 Å². The zero-order valence-electron chi connectivity index (χ0n) is 14.1. The number of carbonyl (C=O) groups is 1. The first kappa shape index (κ1) is 19.4. The summed E-state index contributed by atoms with van der Waals surface area (Å²) < 4.78 is 11.1. The second-order valence-electron chi connectivity index (χ2n) is 5.47. The Balaban J connectivity index is 1.78. The number of amides is 1. The van der Waals surface area contributed by atoms with Gasteiger partial charge in [0.25, 0.3) is 5.91 Å². The average molecular weight is 382 g/mol. The Labute approximate surface area is 158 Å². The molecule has 0 aliphatic rings. The van der Waals surface area contributed by atoms with Crippen molar-refractivity contribution in [2.24, 2.45) is 0 Å². The fourth-order valence-corrected chi connectivity index (χ4v) is 2.46. The van der Waals surface area contributed by atoms with E-state index in [0.717, 1.165) is 18.6 Å². The second-order valence-corrected chi connectivity index (χ2v) is 6.25. The van der Waals surface area contributed by atoms with Crippen molar-refractivity contribution in [1.29, 1.82) is 0 Å². The van der Waals surface area contributed by atoms with Gasteiger partial charge in [-0.2, -0.15) is 0 Å². The van der Waals surface area contributed by atoms with E-state index < -0.39 is 0 Å². The lowest BCUT2D eigenvalue weighted by atomic mass is 10.3. The minimum atomic E-state index is -0.316. The number of halogens is 2. The van der Waals surface area contributed by atoms with Crippen LogP contribution in [0.15, 0.2) is 42.5 Å². The van der Waals surface area contributed by atoms with Crippen LogP contribution in [0, 0.1) is 0 Å². The molecule has 0 radical (unpaired) electrons. The zero-order valence-corrected chi connectivity index (χ0v) is 15.6. The minimum Gasteiger partial charge on any atom is -0.494 e. The lowest BCUT2D eigenvalue weighted by molar-refractivity contribution is -0.118. The molecule has 6 heteroatoms. The summed E-state index contributed by atoms with van der Waals surface area (Å²) in [7, 11) is 0. The molecule has 134 valence electrons. The predicted molar refractivity (Wildman–Crippen MR) is 102 cm³/mol. The molecule has 0 spiro atoms. The highest BCUT2D eigenvalue weighted by Gasteiger charge is 2.09. The van der Waals surface area contributed by atoms with E-state index in [1.165, 1.54) is 6.42 Å². The Bertz CT molecular complexity index is 690. The summed E-state index contributed by atoms with van der Waals surface area (Å²) >= 11 is 11.9. The second kappa shape index (κ2) is 10.2. The van der Waals surface area contributed by atoms with Crippen molar-refractivity contribution in [2.75, 3.05) is 18.5 Å². The average Bonchev–Trinajstić information content (AvgIpc) is 2.62. The Kier molecular flexibility index (Phi) is 7.89. The number of unbranched alkanes of at least 4 members (excludes halogenated alkanes) is 2. The number of carbonyl (C=O) groups excluding carboxylic acids is 1. The Morgan fingerprint density at radius 3 is 2.36 bits per heavy atom. The SMILES string of the molecule is CCCCCOc1ccc(OCC(=O)Nc2cccc(Cl)c2Cl)cc1. The quantitative estimate of drug-likeness (QED) is 0.576. The molecule has 0 aliphatic heterocycles. The first-order valence-electron chi connectivity index (χ1n) is 8.19. The van der Waals surface area contributed by atoms with E-state index in [-0.39, 0.29) is 12.5 Å². The first-order chi connectivity index (χ1) is 12.1. The lowest BCUT2D eigenvalue weighted by Gasteiger charge is -2.10. The molecule has 0 heterocycles. The van der Waals surface area contributed by atoms with Gasteiger partial charge < -0.3 is 14.8 Å². The van der Waals surface area contributed by atoms with Gasteiger partial charge in [0.15, 0.2) is 6.61 Å². The fraction of sp³-hybridized carbons (Fsp3) is 0.316. The molecule has 0 saturated heterocycles. The number of hydrogen-bond acceptors (Lipinski definition) is 3. The van der Waals surface area contributed by atoms with Crippen LogP contribution < -0.4 is 14.8 Å². The van der Waals surface area contributed by atoms with E-state index >= 15 is 0 Å². The van der Waals surface area contributed by atoms with Crippen molar-refractivity contribution in [3.63, 3.8) is 0 Å². The maximum absolute atomic E-state index is 12.0. The standard InChI is InChI=1S/C19H21Cl2NO3/c1-2-3-4-12-24-14-8-10-15(11-9-14)25-13-18(23)22-17-7-5-6-16(20)19(17)21/h5-11H,2-4,12-13H2,1H3,(H,22,23). The van der Waals surface area contributed by atoms with Crippen LogP contribution in [0.4, 0.5) is 5.69 Å². The van der Waals surface area contributed by atoms with E-state index in [1.807, 2.05) is 12.1 Å². The van der Waals surface area contributed by atoms with Gasteiger partial charge in [-0.05, 0) is 42.8 Å². The Hall–Kier alpha value is -1.91. The molecule has 0 bridgehead atoms. The van der Waals surface area contributed by atoms with Crippen molar-refractivity contribution in [3.8, 4) is 11.5 Å². The Morgan fingerprint density at radius 1 is 1.00 bits per heavy atom. The first-order valence-corrected chi connectivity index (χ1v) is 8.95. The maximum atomic E-state index is 12.0. The van der Waals surface area contributed by atoms with Crippen LogP contribution in [0.1, 0.15) is 26.2 Å². The number of benzene rings is 2. The molecule has 0 atom stereocenters. The van der Waals surface area contributed by atoms with Gasteiger partial charge in [0.1, 0.15) is 11.5 Å². The van der Waals surface area contributed by atoms with Gasteiger partial charge in [0.05, 0.1) is 22.3 Å². The van der Waals surface area contributed by atoms with E-state index in [9.17, 15) is 4.79 Å². The zero-order chi connectivity index (χ0) is 18.1. The van der Waals surface area contributed by atoms with Crippen LogP contribution in [-0.2, 0) is 4.79 Å². The van der Waals surface area contributed by atoms with Crippen molar-refractivity contribution in [1.82, 2.24) is 0 Å². The summed E-state index contributed by atoms with van der Waals surface area (Å²) in [4.78, 5) is 12.0. The monoisotopic (exact) mass is 381 g/mol. The van der Waals surface area contributed by atoms with Crippen molar-refractivity contribution in [2.45, 2.75) is 26.2 Å². The summed E-state index contributed by atoms with van der Waals surface area (Å²) in [6, 6.07) is 12.2. The van der Waals surface area contributed by atoms with E-state index in [4.69, 9.17) is 32.7 Å². The third kappa shape index (κ3) is 6.48. The van der Waals surface area contributed by atoms with Crippen LogP contribution in [0.5, 0.6) is 11.5 Å². The summed E-state index contributed by atoms with van der Waals surface area (Å²) in [5.41, 5.74) is 0.457. The van der Waals surface area contributed by atoms with Crippen LogP contribution in [-0.4, -0.2) is 19.1 Å². The van der Waals surface area contributed by atoms with Crippen LogP contribution in [0.2, 0.25) is 10.0 Å². The number of hydrogen-bond donors (Lipinski definition) is 1. The number of nitrogens with one attached hydrogen (secondary N) is 1. The van der Waals surface area contributed by atoms with Gasteiger partial charge in [-0.3, -0.25) is 4.79 Å². The van der Waals surface area contributed by atoms with Crippen LogP contribution in [0.25, 0.3) is 0 Å². The van der Waals surface area contributed by atoms with Gasteiger partial charge in [-0.1, -0.05) is 49.0 Å². The third-order valence-corrected chi connectivity index (χ3v) is 4.25. The lowest BCUT2D eigenvalue weighted by Crippen LogP contribution is -2.20. The maximum Gasteiger partial charge on any atom is 0.262 e. The number of rotatable bonds is 9. The molecular formula is C19H21Cl2NO3. The molecular weight excluding hydrogens is 361 g/mol. The normalized spacial score (nSPS) is 10.4. The minimum absolute atomic E-state index is 0.125. The Morgan fingerprint density at radius 2 is 1.68 bits per heavy atom. The highest BCUT2D eigenvalue weighted by atomic mass is 35.5. The molecule has 0 aliphatic carbocycles. The fourth-order valence-electron chi connectivity index (χ4n) is 2.11. The predicted octanol–water partition coefficient (Wildman–Crippen LogP) is 5.58. The number of anilines is 1. The van der Waals surface area contributed by atoms with E-state index in [1.54, 1.807) is 30.3 Å². The summed E-state index contributed by atoms with van der Waals surface area (Å²) in [5.74, 6) is 1.07. The highest BCUT2D eigenvalue weighted by molar-refractivity contribution is 6.43.